The van der Waals surface area contributed by atoms with Gasteiger partial charge in [0.15, 0.2) is 0 Å². The second-order valence-electron chi connectivity index (χ2n) is 3.53. The number of rotatable bonds is 2. The molecule has 0 N–H and O–H groups in total. The molecule has 0 aromatic carbocycles. The molecule has 0 aliphatic heterocycles. The fourth-order valence-corrected chi connectivity index (χ4v) is 2.93. The molecule has 2 heterocycles. The van der Waals surface area contributed by atoms with E-state index in [4.69, 9.17) is 0 Å². The Hall–Kier alpha value is -1.63. The summed E-state index contributed by atoms with van der Waals surface area (Å²) in [4.78, 5) is 3.91. The van der Waals surface area contributed by atoms with E-state index in [0.717, 1.165) is 3.97 Å². The number of hydrogen-bond donors (Lipinski definition) is 0. The van der Waals surface area contributed by atoms with Crippen LogP contribution in [0.25, 0.3) is 0 Å². The van der Waals surface area contributed by atoms with Gasteiger partial charge in [-0.05, 0) is 6.92 Å². The molecule has 0 fully saturated rings. The second kappa shape index (κ2) is 3.44. The van der Waals surface area contributed by atoms with Crippen LogP contribution in [0.4, 0.5) is 0 Å². The van der Waals surface area contributed by atoms with Gasteiger partial charge in [-0.3, -0.25) is 0 Å². The van der Waals surface area contributed by atoms with Crippen LogP contribution in [-0.4, -0.2) is 21.3 Å². The first kappa shape index (κ1) is 10.9. The number of hydrogen-bond acceptors (Lipinski definition) is 3. The van der Waals surface area contributed by atoms with Gasteiger partial charge < -0.3 is 0 Å². The quantitative estimate of drug-likeness (QED) is 0.682. The Morgan fingerprint density at radius 3 is 2.38 bits per heavy atom. The number of imidazole rings is 2. The van der Waals surface area contributed by atoms with Gasteiger partial charge in [0.25, 0.3) is 5.82 Å². The van der Waals surface area contributed by atoms with Crippen molar-refractivity contribution in [3.8, 4) is 0 Å². The molecular formula is C9H13N4O2S+. The summed E-state index contributed by atoms with van der Waals surface area (Å²) in [5.41, 5.74) is 0. The van der Waals surface area contributed by atoms with Gasteiger partial charge in [-0.25, -0.2) is 9.55 Å². The summed E-state index contributed by atoms with van der Waals surface area (Å²) in [5, 5.41) is 0. The lowest BCUT2D eigenvalue weighted by atomic mass is 10.7. The van der Waals surface area contributed by atoms with E-state index in [1.54, 1.807) is 31.7 Å². The summed E-state index contributed by atoms with van der Waals surface area (Å²) in [6.45, 7) is 3.39. The average Bonchev–Trinajstić information content (AvgIpc) is 2.76. The minimum Gasteiger partial charge on any atom is -0.241 e. The molecule has 0 radical (unpaired) electrons. The Morgan fingerprint density at radius 2 is 1.94 bits per heavy atom. The van der Waals surface area contributed by atoms with Gasteiger partial charge in [-0.1, -0.05) is 0 Å². The molecule has 86 valence electrons. The van der Waals surface area contributed by atoms with Crippen LogP contribution in [0, 0.1) is 13.8 Å². The third-order valence-corrected chi connectivity index (χ3v) is 4.30. The molecule has 0 aliphatic rings. The van der Waals surface area contributed by atoms with Gasteiger partial charge in [0.1, 0.15) is 18.2 Å². The van der Waals surface area contributed by atoms with Crippen LogP contribution in [0.15, 0.2) is 24.8 Å². The lowest BCUT2D eigenvalue weighted by Crippen LogP contribution is -2.32. The highest BCUT2D eigenvalue weighted by atomic mass is 32.2. The second-order valence-corrected chi connectivity index (χ2v) is 5.21. The molecule has 16 heavy (non-hydrogen) atoms. The molecular weight excluding hydrogens is 228 g/mol. The molecule has 0 amide bonds. The van der Waals surface area contributed by atoms with E-state index in [1.807, 2.05) is 0 Å². The Kier molecular flexibility index (Phi) is 2.34. The van der Waals surface area contributed by atoms with E-state index in [9.17, 15) is 8.42 Å². The fraction of sp³-hybridized carbons (Fsp3) is 0.333. The molecule has 2 rings (SSSR count). The Morgan fingerprint density at radius 1 is 1.25 bits per heavy atom. The van der Waals surface area contributed by atoms with Gasteiger partial charge in [0.2, 0.25) is 0 Å². The molecule has 0 saturated heterocycles. The zero-order valence-electron chi connectivity index (χ0n) is 9.32. The third kappa shape index (κ3) is 1.44. The maximum Gasteiger partial charge on any atom is 0.408 e. The van der Waals surface area contributed by atoms with Crippen molar-refractivity contribution in [2.75, 3.05) is 0 Å². The largest absolute Gasteiger partial charge is 0.408 e. The number of aromatic nitrogens is 4. The third-order valence-electron chi connectivity index (χ3n) is 2.53. The van der Waals surface area contributed by atoms with E-state index in [2.05, 4.69) is 4.98 Å². The van der Waals surface area contributed by atoms with Crippen molar-refractivity contribution in [1.82, 2.24) is 12.9 Å². The zero-order chi connectivity index (χ0) is 11.9. The molecule has 6 nitrogen and oxygen atoms in total. The molecule has 0 aliphatic carbocycles. The van der Waals surface area contributed by atoms with Crippen molar-refractivity contribution >= 4 is 10.2 Å². The topological polar surface area (TPSA) is 60.8 Å². The lowest BCUT2D eigenvalue weighted by molar-refractivity contribution is -0.676. The molecule has 7 heteroatoms. The summed E-state index contributed by atoms with van der Waals surface area (Å²) < 4.78 is 28.6. The van der Waals surface area contributed by atoms with Crippen LogP contribution in [0.1, 0.15) is 11.6 Å². The minimum atomic E-state index is -3.59. The summed E-state index contributed by atoms with van der Waals surface area (Å²) in [6, 6.07) is 0. The Labute approximate surface area is 94.0 Å². The van der Waals surface area contributed by atoms with Crippen molar-refractivity contribution in [1.29, 1.82) is 0 Å². The highest BCUT2D eigenvalue weighted by molar-refractivity contribution is 7.88. The van der Waals surface area contributed by atoms with E-state index >= 15 is 0 Å². The first-order valence-corrected chi connectivity index (χ1v) is 6.14. The standard InChI is InChI=1S/C9H13N4O2S/c1-8-10-4-5-12(8)16(14,15)13-7-6-11(3)9(13)2/h4-7H,1-3H3/q+1. The smallest absolute Gasteiger partial charge is 0.241 e. The average molecular weight is 241 g/mol. The maximum atomic E-state index is 12.2. The van der Waals surface area contributed by atoms with Gasteiger partial charge in [0.05, 0.1) is 7.05 Å². The summed E-state index contributed by atoms with van der Waals surface area (Å²) in [5.74, 6) is 1.07. The Balaban J connectivity index is 2.65. The molecule has 0 unspecified atom stereocenters. The molecule has 2 aromatic rings. The zero-order valence-corrected chi connectivity index (χ0v) is 10.1. The van der Waals surface area contributed by atoms with Crippen molar-refractivity contribution in [2.45, 2.75) is 13.8 Å². The van der Waals surface area contributed by atoms with E-state index in [1.165, 1.54) is 22.6 Å². The van der Waals surface area contributed by atoms with Gasteiger partial charge in [-0.2, -0.15) is 12.4 Å². The molecule has 0 bridgehead atoms. The minimum absolute atomic E-state index is 0.441. The van der Waals surface area contributed by atoms with Crippen molar-refractivity contribution in [3.05, 3.63) is 36.4 Å². The number of nitrogens with zero attached hydrogens (tertiary/aromatic N) is 4. The molecule has 0 spiro atoms. The predicted molar refractivity (Wildman–Crippen MR) is 57.0 cm³/mol. The normalized spacial score (nSPS) is 11.9. The van der Waals surface area contributed by atoms with Crippen molar-refractivity contribution in [3.63, 3.8) is 0 Å². The van der Waals surface area contributed by atoms with Crippen LogP contribution in [0.2, 0.25) is 0 Å². The monoisotopic (exact) mass is 241 g/mol. The van der Waals surface area contributed by atoms with E-state index < -0.39 is 10.2 Å². The predicted octanol–water partition coefficient (Wildman–Crippen LogP) is -0.233. The Bertz CT molecular complexity index is 624. The highest BCUT2D eigenvalue weighted by Gasteiger charge is 2.26. The first-order valence-electron chi connectivity index (χ1n) is 4.74. The summed E-state index contributed by atoms with van der Waals surface area (Å²) in [6.07, 6.45) is 6.11. The number of aryl methyl sites for hydroxylation is 2. The fourth-order valence-electron chi connectivity index (χ4n) is 1.48. The highest BCUT2D eigenvalue weighted by Crippen LogP contribution is 2.07. The van der Waals surface area contributed by atoms with Crippen LogP contribution in [-0.2, 0) is 17.3 Å². The van der Waals surface area contributed by atoms with E-state index in [0.29, 0.717) is 11.6 Å². The van der Waals surface area contributed by atoms with Crippen LogP contribution in [0.3, 0.4) is 0 Å². The van der Waals surface area contributed by atoms with Gasteiger partial charge >= 0.3 is 10.2 Å². The molecule has 2 aromatic heterocycles. The molecule has 0 saturated carbocycles. The van der Waals surface area contributed by atoms with Gasteiger partial charge in [-0.15, -0.1) is 3.97 Å². The maximum absolute atomic E-state index is 12.2. The SMILES string of the molecule is Cc1nccn1S(=O)(=O)n1cc[n+](C)c1C. The van der Waals surface area contributed by atoms with Crippen LogP contribution >= 0.6 is 0 Å². The lowest BCUT2D eigenvalue weighted by Gasteiger charge is -2.03. The van der Waals surface area contributed by atoms with E-state index in [-0.39, 0.29) is 0 Å². The molecule has 0 atom stereocenters. The summed E-state index contributed by atoms with van der Waals surface area (Å²) >= 11 is 0. The van der Waals surface area contributed by atoms with Crippen molar-refractivity contribution < 1.29 is 13.0 Å². The van der Waals surface area contributed by atoms with Gasteiger partial charge in [0, 0.05) is 19.3 Å². The van der Waals surface area contributed by atoms with Crippen LogP contribution in [0.5, 0.6) is 0 Å². The summed E-state index contributed by atoms with van der Waals surface area (Å²) in [7, 11) is -1.79. The van der Waals surface area contributed by atoms with Crippen molar-refractivity contribution in [2.24, 2.45) is 7.05 Å². The first-order chi connectivity index (χ1) is 7.44. The van der Waals surface area contributed by atoms with Crippen LogP contribution < -0.4 is 4.57 Å².